The van der Waals surface area contributed by atoms with E-state index < -0.39 is 23.8 Å². The summed E-state index contributed by atoms with van der Waals surface area (Å²) in [5.74, 6) is -2.35. The smallest absolute Gasteiger partial charge is 0.346 e. The lowest BCUT2D eigenvalue weighted by atomic mass is 10.1. The lowest BCUT2D eigenvalue weighted by Gasteiger charge is -2.17. The lowest BCUT2D eigenvalue weighted by Crippen LogP contribution is -2.40. The molecule has 7 nitrogen and oxygen atoms in total. The van der Waals surface area contributed by atoms with E-state index in [0.29, 0.717) is 12.1 Å². The summed E-state index contributed by atoms with van der Waals surface area (Å²) in [5.41, 5.74) is 0.579. The first kappa shape index (κ1) is 20.9. The Morgan fingerprint density at radius 2 is 1.79 bits per heavy atom. The lowest BCUT2D eigenvalue weighted by molar-refractivity contribution is -0.144. The van der Waals surface area contributed by atoms with E-state index >= 15 is 0 Å². The minimum atomic E-state index is -1.36. The van der Waals surface area contributed by atoms with E-state index in [9.17, 15) is 23.9 Å². The molecule has 2 rings (SSSR count). The zero-order chi connectivity index (χ0) is 20.7. The second-order valence-electron chi connectivity index (χ2n) is 6.01. The Kier molecular flexibility index (Phi) is 7.08. The molecule has 0 spiro atoms. The van der Waals surface area contributed by atoms with E-state index in [1.54, 1.807) is 19.2 Å². The fourth-order valence-electron chi connectivity index (χ4n) is 2.30. The molecular weight excluding hydrogens is 367 g/mol. The highest BCUT2D eigenvalue weighted by Gasteiger charge is 2.21. The first-order chi connectivity index (χ1) is 13.3. The molecular formula is C20H21FN2O5. The first-order valence-corrected chi connectivity index (χ1v) is 8.60. The van der Waals surface area contributed by atoms with Gasteiger partial charge in [-0.3, -0.25) is 9.59 Å². The number of rotatable bonds is 8. The van der Waals surface area contributed by atoms with Gasteiger partial charge in [-0.2, -0.15) is 0 Å². The van der Waals surface area contributed by atoms with Crippen molar-refractivity contribution >= 4 is 17.8 Å². The summed E-state index contributed by atoms with van der Waals surface area (Å²) in [4.78, 5) is 37.4. The molecule has 148 valence electrons. The van der Waals surface area contributed by atoms with Crippen molar-refractivity contribution in [2.24, 2.45) is 0 Å². The number of aliphatic carboxylic acids is 1. The summed E-state index contributed by atoms with van der Waals surface area (Å²) in [7, 11) is 1.65. The van der Waals surface area contributed by atoms with Crippen LogP contribution in [0.4, 0.5) is 4.39 Å². The second-order valence-corrected chi connectivity index (χ2v) is 6.01. The van der Waals surface area contributed by atoms with Crippen molar-refractivity contribution in [3.8, 4) is 5.75 Å². The highest BCUT2D eigenvalue weighted by atomic mass is 19.1. The maximum atomic E-state index is 12.9. The number of hydrogen-bond acceptors (Lipinski definition) is 4. The second kappa shape index (κ2) is 9.50. The summed E-state index contributed by atoms with van der Waals surface area (Å²) in [6.07, 6.45) is -1.36. The van der Waals surface area contributed by atoms with Gasteiger partial charge in [-0.25, -0.2) is 9.18 Å². The van der Waals surface area contributed by atoms with E-state index in [1.807, 2.05) is 6.92 Å². The number of ether oxygens (including phenoxy) is 1. The highest BCUT2D eigenvalue weighted by molar-refractivity contribution is 5.99. The van der Waals surface area contributed by atoms with E-state index in [-0.39, 0.29) is 23.8 Å². The Bertz CT molecular complexity index is 854. The van der Waals surface area contributed by atoms with Crippen molar-refractivity contribution in [3.05, 3.63) is 65.5 Å². The molecule has 0 saturated heterocycles. The normalized spacial score (nSPS) is 11.4. The molecule has 2 aromatic rings. The zero-order valence-corrected chi connectivity index (χ0v) is 15.5. The van der Waals surface area contributed by atoms with Crippen LogP contribution in [0.15, 0.2) is 48.5 Å². The van der Waals surface area contributed by atoms with Crippen molar-refractivity contribution in [2.45, 2.75) is 13.0 Å². The topological polar surface area (TPSA) is 95.9 Å². The number of carboxylic acid groups (broad SMARTS) is 1. The Labute approximate surface area is 161 Å². The highest BCUT2D eigenvalue weighted by Crippen LogP contribution is 2.13. The number of amides is 2. The maximum absolute atomic E-state index is 12.9. The fraction of sp³-hybridized carbons (Fsp3) is 0.250. The number of carbonyl (C=O) groups excluding carboxylic acids is 2. The molecule has 0 saturated carbocycles. The molecule has 0 radical (unpaired) electrons. The Balaban J connectivity index is 2.03. The van der Waals surface area contributed by atoms with Crippen LogP contribution in [-0.4, -0.2) is 54.0 Å². The van der Waals surface area contributed by atoms with Crippen molar-refractivity contribution < 1.29 is 28.6 Å². The average Bonchev–Trinajstić information content (AvgIpc) is 2.70. The van der Waals surface area contributed by atoms with Gasteiger partial charge in [-0.1, -0.05) is 6.07 Å². The maximum Gasteiger partial charge on any atom is 0.346 e. The van der Waals surface area contributed by atoms with Gasteiger partial charge >= 0.3 is 5.97 Å². The van der Waals surface area contributed by atoms with E-state index in [1.165, 1.54) is 29.2 Å². The molecule has 2 amide bonds. The zero-order valence-electron chi connectivity index (χ0n) is 15.5. The van der Waals surface area contributed by atoms with E-state index in [4.69, 9.17) is 4.74 Å². The van der Waals surface area contributed by atoms with E-state index in [0.717, 1.165) is 12.1 Å². The molecule has 2 aromatic carbocycles. The van der Waals surface area contributed by atoms with Gasteiger partial charge in [0.2, 0.25) is 6.10 Å². The van der Waals surface area contributed by atoms with Crippen LogP contribution in [0, 0.1) is 5.82 Å². The standard InChI is InChI=1S/C20H21FN2O5/c1-3-23(2)19(25)14-6-4-5-13(11-14)18(24)22-12-17(20(26)27)28-16-9-7-15(21)8-10-16/h4-11,17H,3,12H2,1-2H3,(H,22,24)(H,26,27). The van der Waals surface area contributed by atoms with Crippen molar-refractivity contribution in [1.82, 2.24) is 10.2 Å². The minimum Gasteiger partial charge on any atom is -0.478 e. The van der Waals surface area contributed by atoms with Gasteiger partial charge in [-0.05, 0) is 49.4 Å². The average molecular weight is 388 g/mol. The van der Waals surface area contributed by atoms with Gasteiger partial charge in [0.1, 0.15) is 11.6 Å². The number of carbonyl (C=O) groups is 3. The Morgan fingerprint density at radius 3 is 2.39 bits per heavy atom. The number of halogens is 1. The predicted molar refractivity (Wildman–Crippen MR) is 99.9 cm³/mol. The first-order valence-electron chi connectivity index (χ1n) is 8.60. The molecule has 0 fully saturated rings. The van der Waals surface area contributed by atoms with Crippen molar-refractivity contribution in [2.75, 3.05) is 20.1 Å². The third-order valence-corrected chi connectivity index (χ3v) is 4.01. The summed E-state index contributed by atoms with van der Waals surface area (Å²) in [5, 5.41) is 11.8. The number of hydrogen-bond donors (Lipinski definition) is 2. The molecule has 0 aliphatic heterocycles. The Hall–Kier alpha value is -3.42. The summed E-state index contributed by atoms with van der Waals surface area (Å²) < 4.78 is 18.2. The van der Waals surface area contributed by atoms with Gasteiger partial charge in [0, 0.05) is 24.7 Å². The largest absolute Gasteiger partial charge is 0.478 e. The molecule has 0 heterocycles. The van der Waals surface area contributed by atoms with Crippen LogP contribution < -0.4 is 10.1 Å². The molecule has 0 aromatic heterocycles. The van der Waals surface area contributed by atoms with Crippen molar-refractivity contribution in [3.63, 3.8) is 0 Å². The molecule has 2 N–H and O–H groups in total. The van der Waals surface area contributed by atoms with Crippen molar-refractivity contribution in [1.29, 1.82) is 0 Å². The molecule has 1 unspecified atom stereocenters. The van der Waals surface area contributed by atoms with Crippen LogP contribution in [0.2, 0.25) is 0 Å². The van der Waals surface area contributed by atoms with Gasteiger partial charge in [0.05, 0.1) is 6.54 Å². The van der Waals surface area contributed by atoms with Gasteiger partial charge in [-0.15, -0.1) is 0 Å². The van der Waals surface area contributed by atoms with Gasteiger partial charge in [0.15, 0.2) is 0 Å². The quantitative estimate of drug-likeness (QED) is 0.723. The molecule has 0 bridgehead atoms. The number of benzene rings is 2. The fourth-order valence-corrected chi connectivity index (χ4v) is 2.30. The third-order valence-electron chi connectivity index (χ3n) is 4.01. The predicted octanol–water partition coefficient (Wildman–Crippen LogP) is 2.18. The van der Waals surface area contributed by atoms with Crippen LogP contribution in [0.5, 0.6) is 5.75 Å². The molecule has 1 atom stereocenters. The van der Waals surface area contributed by atoms with Crippen LogP contribution in [0.25, 0.3) is 0 Å². The molecule has 0 aliphatic rings. The molecule has 0 aliphatic carbocycles. The van der Waals surface area contributed by atoms with Gasteiger partial charge in [0.25, 0.3) is 11.8 Å². The summed E-state index contributed by atoms with van der Waals surface area (Å²) in [6.45, 7) is 2.05. The Morgan fingerprint density at radius 1 is 1.14 bits per heavy atom. The number of nitrogens with one attached hydrogen (secondary N) is 1. The summed E-state index contributed by atoms with van der Waals surface area (Å²) in [6, 6.07) is 11.0. The third kappa shape index (κ3) is 5.54. The monoisotopic (exact) mass is 388 g/mol. The minimum absolute atomic E-state index is 0.165. The molecule has 8 heteroatoms. The van der Waals surface area contributed by atoms with Crippen LogP contribution in [0.1, 0.15) is 27.6 Å². The van der Waals surface area contributed by atoms with Crippen LogP contribution in [-0.2, 0) is 4.79 Å². The summed E-state index contributed by atoms with van der Waals surface area (Å²) >= 11 is 0. The van der Waals surface area contributed by atoms with Crippen LogP contribution >= 0.6 is 0 Å². The molecule has 28 heavy (non-hydrogen) atoms. The van der Waals surface area contributed by atoms with Crippen LogP contribution in [0.3, 0.4) is 0 Å². The van der Waals surface area contributed by atoms with E-state index in [2.05, 4.69) is 5.32 Å². The SMILES string of the molecule is CCN(C)C(=O)c1cccc(C(=O)NCC(Oc2ccc(F)cc2)C(=O)O)c1. The number of carboxylic acids is 1. The number of nitrogens with zero attached hydrogens (tertiary/aromatic N) is 1. The van der Waals surface area contributed by atoms with Gasteiger partial charge < -0.3 is 20.1 Å².